The highest BCUT2D eigenvalue weighted by atomic mass is 79.9. The SMILES string of the molecule is Cc1cc(NC(=O)CN2CCN(Cc3ccsc3)CC2)ccc1Br. The monoisotopic (exact) mass is 407 g/mol. The van der Waals surface area contributed by atoms with Crippen molar-refractivity contribution in [2.24, 2.45) is 0 Å². The molecule has 1 aliphatic rings. The molecule has 1 aliphatic heterocycles. The first-order chi connectivity index (χ1) is 11.6. The number of carbonyl (C=O) groups is 1. The molecule has 1 fully saturated rings. The van der Waals surface area contributed by atoms with E-state index in [4.69, 9.17) is 0 Å². The van der Waals surface area contributed by atoms with E-state index in [1.165, 1.54) is 5.56 Å². The minimum Gasteiger partial charge on any atom is -0.325 e. The molecule has 4 nitrogen and oxygen atoms in total. The van der Waals surface area contributed by atoms with E-state index >= 15 is 0 Å². The molecule has 1 aromatic heterocycles. The summed E-state index contributed by atoms with van der Waals surface area (Å²) in [5.41, 5.74) is 3.36. The lowest BCUT2D eigenvalue weighted by molar-refractivity contribution is -0.117. The van der Waals surface area contributed by atoms with Crippen LogP contribution < -0.4 is 5.32 Å². The van der Waals surface area contributed by atoms with Crippen LogP contribution in [-0.4, -0.2) is 48.4 Å². The van der Waals surface area contributed by atoms with Crippen molar-refractivity contribution in [3.63, 3.8) is 0 Å². The molecule has 0 bridgehead atoms. The third-order valence-corrected chi connectivity index (χ3v) is 5.88. The number of benzene rings is 1. The first-order valence-electron chi connectivity index (χ1n) is 8.12. The number of hydrogen-bond donors (Lipinski definition) is 1. The lowest BCUT2D eigenvalue weighted by atomic mass is 10.2. The molecule has 128 valence electrons. The largest absolute Gasteiger partial charge is 0.325 e. The average molecular weight is 408 g/mol. The summed E-state index contributed by atoms with van der Waals surface area (Å²) in [7, 11) is 0. The number of nitrogens with one attached hydrogen (secondary N) is 1. The van der Waals surface area contributed by atoms with Crippen molar-refractivity contribution in [3.05, 3.63) is 50.6 Å². The third-order valence-electron chi connectivity index (χ3n) is 4.26. The van der Waals surface area contributed by atoms with Gasteiger partial charge in [-0.25, -0.2) is 0 Å². The fourth-order valence-electron chi connectivity index (χ4n) is 2.87. The van der Waals surface area contributed by atoms with E-state index in [-0.39, 0.29) is 5.91 Å². The zero-order valence-corrected chi connectivity index (χ0v) is 16.2. The van der Waals surface area contributed by atoms with Gasteiger partial charge in [0.25, 0.3) is 0 Å². The molecule has 1 amide bonds. The van der Waals surface area contributed by atoms with Gasteiger partial charge in [0, 0.05) is 42.9 Å². The van der Waals surface area contributed by atoms with E-state index in [1.54, 1.807) is 11.3 Å². The number of piperazine rings is 1. The molecule has 0 saturated carbocycles. The van der Waals surface area contributed by atoms with Crippen molar-refractivity contribution < 1.29 is 4.79 Å². The molecule has 1 N–H and O–H groups in total. The van der Waals surface area contributed by atoms with E-state index in [0.717, 1.165) is 48.4 Å². The van der Waals surface area contributed by atoms with Crippen LogP contribution >= 0.6 is 27.3 Å². The molecule has 0 aliphatic carbocycles. The molecule has 0 spiro atoms. The third kappa shape index (κ3) is 4.89. The summed E-state index contributed by atoms with van der Waals surface area (Å²) in [6, 6.07) is 8.06. The minimum atomic E-state index is 0.0583. The zero-order chi connectivity index (χ0) is 16.9. The molecular weight excluding hydrogens is 386 g/mol. The standard InChI is InChI=1S/C18H22BrN3OS/c1-14-10-16(2-3-17(14)19)20-18(23)12-22-7-5-21(6-8-22)11-15-4-9-24-13-15/h2-4,9-10,13H,5-8,11-12H2,1H3,(H,20,23). The van der Waals surface area contributed by atoms with Crippen LogP contribution in [0.15, 0.2) is 39.5 Å². The normalized spacial score (nSPS) is 16.2. The van der Waals surface area contributed by atoms with Gasteiger partial charge in [-0.05, 0) is 53.1 Å². The number of anilines is 1. The van der Waals surface area contributed by atoms with Crippen molar-refractivity contribution in [2.45, 2.75) is 13.5 Å². The van der Waals surface area contributed by atoms with E-state index in [9.17, 15) is 4.79 Å². The van der Waals surface area contributed by atoms with Gasteiger partial charge in [0.05, 0.1) is 6.54 Å². The fourth-order valence-corrected chi connectivity index (χ4v) is 3.78. The highest BCUT2D eigenvalue weighted by molar-refractivity contribution is 9.10. The van der Waals surface area contributed by atoms with Crippen LogP contribution in [0.4, 0.5) is 5.69 Å². The van der Waals surface area contributed by atoms with Gasteiger partial charge in [0.1, 0.15) is 0 Å². The van der Waals surface area contributed by atoms with Gasteiger partial charge in [0.2, 0.25) is 5.91 Å². The van der Waals surface area contributed by atoms with Crippen molar-refractivity contribution in [1.29, 1.82) is 0 Å². The van der Waals surface area contributed by atoms with E-state index in [0.29, 0.717) is 6.54 Å². The molecule has 0 atom stereocenters. The van der Waals surface area contributed by atoms with Crippen LogP contribution in [0.3, 0.4) is 0 Å². The van der Waals surface area contributed by atoms with Crippen LogP contribution in [0.2, 0.25) is 0 Å². The number of thiophene rings is 1. The van der Waals surface area contributed by atoms with E-state index in [1.807, 2.05) is 25.1 Å². The quantitative estimate of drug-likeness (QED) is 0.822. The Balaban J connectivity index is 1.43. The Morgan fingerprint density at radius 1 is 1.21 bits per heavy atom. The van der Waals surface area contributed by atoms with Gasteiger partial charge in [-0.3, -0.25) is 14.6 Å². The lowest BCUT2D eigenvalue weighted by Gasteiger charge is -2.34. The summed E-state index contributed by atoms with van der Waals surface area (Å²) in [5, 5.41) is 7.32. The van der Waals surface area contributed by atoms with Gasteiger partial charge in [-0.1, -0.05) is 15.9 Å². The van der Waals surface area contributed by atoms with Crippen LogP contribution in [0, 0.1) is 6.92 Å². The summed E-state index contributed by atoms with van der Waals surface area (Å²) in [4.78, 5) is 16.9. The summed E-state index contributed by atoms with van der Waals surface area (Å²) in [6.45, 7) is 7.41. The number of carbonyl (C=O) groups excluding carboxylic acids is 1. The second-order valence-corrected chi connectivity index (χ2v) is 7.83. The van der Waals surface area contributed by atoms with Crippen molar-refractivity contribution in [1.82, 2.24) is 9.80 Å². The summed E-state index contributed by atoms with van der Waals surface area (Å²) in [5.74, 6) is 0.0583. The van der Waals surface area contributed by atoms with Crippen molar-refractivity contribution >= 4 is 38.9 Å². The topological polar surface area (TPSA) is 35.6 Å². The maximum absolute atomic E-state index is 12.2. The van der Waals surface area contributed by atoms with E-state index < -0.39 is 0 Å². The number of aryl methyl sites for hydroxylation is 1. The lowest BCUT2D eigenvalue weighted by Crippen LogP contribution is -2.48. The Labute approximate surface area is 155 Å². The summed E-state index contributed by atoms with van der Waals surface area (Å²) < 4.78 is 1.06. The van der Waals surface area contributed by atoms with Gasteiger partial charge in [-0.15, -0.1) is 0 Å². The predicted octanol–water partition coefficient (Wildman–Crippen LogP) is 3.58. The molecule has 2 heterocycles. The van der Waals surface area contributed by atoms with Crippen LogP contribution in [0.25, 0.3) is 0 Å². The van der Waals surface area contributed by atoms with E-state index in [2.05, 4.69) is 47.9 Å². The van der Waals surface area contributed by atoms with Gasteiger partial charge >= 0.3 is 0 Å². The number of amides is 1. The Bertz CT molecular complexity index is 682. The first kappa shape index (κ1) is 17.6. The van der Waals surface area contributed by atoms with Gasteiger partial charge in [0.15, 0.2) is 0 Å². The predicted molar refractivity (Wildman–Crippen MR) is 104 cm³/mol. The number of halogens is 1. The summed E-state index contributed by atoms with van der Waals surface area (Å²) in [6.07, 6.45) is 0. The molecule has 1 saturated heterocycles. The summed E-state index contributed by atoms with van der Waals surface area (Å²) >= 11 is 5.22. The van der Waals surface area contributed by atoms with Crippen LogP contribution in [0.5, 0.6) is 0 Å². The Hall–Kier alpha value is -1.21. The maximum atomic E-state index is 12.2. The number of hydrogen-bond acceptors (Lipinski definition) is 4. The second kappa shape index (κ2) is 8.25. The Kier molecular flexibility index (Phi) is 6.05. The molecule has 1 aromatic carbocycles. The molecule has 0 radical (unpaired) electrons. The van der Waals surface area contributed by atoms with Crippen molar-refractivity contribution in [3.8, 4) is 0 Å². The number of rotatable bonds is 5. The van der Waals surface area contributed by atoms with Crippen LogP contribution in [-0.2, 0) is 11.3 Å². The second-order valence-electron chi connectivity index (χ2n) is 6.20. The Morgan fingerprint density at radius 2 is 1.96 bits per heavy atom. The van der Waals surface area contributed by atoms with Gasteiger partial charge < -0.3 is 5.32 Å². The molecule has 0 unspecified atom stereocenters. The molecule has 6 heteroatoms. The highest BCUT2D eigenvalue weighted by Gasteiger charge is 2.19. The zero-order valence-electron chi connectivity index (χ0n) is 13.8. The smallest absolute Gasteiger partial charge is 0.238 e. The first-order valence-corrected chi connectivity index (χ1v) is 9.85. The van der Waals surface area contributed by atoms with Crippen molar-refractivity contribution in [2.75, 3.05) is 38.0 Å². The molecule has 3 rings (SSSR count). The molecule has 2 aromatic rings. The average Bonchev–Trinajstić information content (AvgIpc) is 3.06. The number of nitrogens with zero attached hydrogens (tertiary/aromatic N) is 2. The minimum absolute atomic E-state index is 0.0583. The fraction of sp³-hybridized carbons (Fsp3) is 0.389. The highest BCUT2D eigenvalue weighted by Crippen LogP contribution is 2.20. The van der Waals surface area contributed by atoms with Crippen LogP contribution in [0.1, 0.15) is 11.1 Å². The Morgan fingerprint density at radius 3 is 2.62 bits per heavy atom. The molecule has 24 heavy (non-hydrogen) atoms. The van der Waals surface area contributed by atoms with Gasteiger partial charge in [-0.2, -0.15) is 11.3 Å². The maximum Gasteiger partial charge on any atom is 0.238 e. The molecular formula is C18H22BrN3OS.